The Morgan fingerprint density at radius 2 is 0.826 bits per heavy atom. The largest absolute Gasteiger partial charge is 0.483 e. The lowest BCUT2D eigenvalue weighted by molar-refractivity contribution is 0.0592. The van der Waals surface area contributed by atoms with Crippen LogP contribution in [-0.4, -0.2) is 53.9 Å². The first-order valence-corrected chi connectivity index (χ1v) is 22.9. The van der Waals surface area contributed by atoms with Crippen molar-refractivity contribution in [2.24, 2.45) is 0 Å². The van der Waals surface area contributed by atoms with Crippen LogP contribution >= 0.6 is 0 Å². The molecule has 7 aromatic rings. The quantitative estimate of drug-likeness (QED) is 0.101. The lowest BCUT2D eigenvalue weighted by Gasteiger charge is -2.31. The molecule has 6 aromatic carbocycles. The van der Waals surface area contributed by atoms with Gasteiger partial charge in [0.15, 0.2) is 11.6 Å². The predicted molar refractivity (Wildman–Crippen MR) is 271 cm³/mol. The second-order valence-electron chi connectivity index (χ2n) is 18.5. The molecule has 0 bridgehead atoms. The maximum Gasteiger partial charge on any atom is 0.337 e. The van der Waals surface area contributed by atoms with Crippen LogP contribution < -0.4 is 9.47 Å². The van der Waals surface area contributed by atoms with Crippen LogP contribution in [0.4, 0.5) is 0 Å². The lowest BCUT2D eigenvalue weighted by atomic mass is 9.88. The van der Waals surface area contributed by atoms with E-state index in [0.717, 1.165) is 56.3 Å². The van der Waals surface area contributed by atoms with E-state index < -0.39 is 11.6 Å². The van der Waals surface area contributed by atoms with Crippen LogP contribution in [-0.2, 0) is 9.47 Å². The molecule has 0 unspecified atom stereocenters. The molecule has 0 fully saturated rings. The molecule has 0 atom stereocenters. The number of fused-ring (bicyclic) bond motifs is 2. The molecule has 9 rings (SSSR count). The smallest absolute Gasteiger partial charge is 0.337 e. The van der Waals surface area contributed by atoms with Crippen molar-refractivity contribution in [3.05, 3.63) is 213 Å². The summed E-state index contributed by atoms with van der Waals surface area (Å²) in [5.74, 6) is 0.551. The molecule has 1 N–H and O–H groups in total. The number of Topliss-reactive ketones (excluding diaryl/α,β-unsaturated/α-hetero) is 2. The Morgan fingerprint density at radius 1 is 0.449 bits per heavy atom. The van der Waals surface area contributed by atoms with E-state index in [1.807, 2.05) is 45.0 Å². The van der Waals surface area contributed by atoms with Gasteiger partial charge in [0.1, 0.15) is 22.7 Å². The lowest BCUT2D eigenvalue weighted by Crippen LogP contribution is -2.29. The minimum absolute atomic E-state index is 0.0810. The number of rotatable bonds is 11. The standard InChI is InChI=1S/C30H27NO3.C30H28O5/c1-19-5-7-20(8-6-19)25-18-30(2,3)34-28-16-13-23(17-24(25)28)27-15-14-26(31-27)21-9-11-22(12-10-21)29(32)33-4;1-19-5-7-20(8-6-19)25-18-30(2,3)35-28-16-13-23(17-24(25)28)27(32)15-14-26(31)21-9-11-22(12-10-21)29(33)34-4/h5-18,31H,1-4H3;5-13,16-18H,14-15H2,1-4H3. The van der Waals surface area contributed by atoms with Crippen molar-refractivity contribution in [3.8, 4) is 34.0 Å². The van der Waals surface area contributed by atoms with Crippen molar-refractivity contribution < 1.29 is 38.1 Å². The van der Waals surface area contributed by atoms with Crippen LogP contribution in [0.2, 0.25) is 0 Å². The molecule has 9 nitrogen and oxygen atoms in total. The SMILES string of the molecule is COC(=O)c1ccc(-c2ccc(-c3ccc4c(c3)C(c3ccc(C)cc3)=CC(C)(C)O4)[nH]2)cc1.COC(=O)c1ccc(C(=O)CCC(=O)c2ccc3c(c2)C(c2ccc(C)cc2)=CC(C)(C)O3)cc1. The molecule has 0 saturated heterocycles. The number of aromatic amines is 1. The van der Waals surface area contributed by atoms with Crippen LogP contribution in [0.5, 0.6) is 11.5 Å². The van der Waals surface area contributed by atoms with Gasteiger partial charge in [0, 0.05) is 46.5 Å². The molecular formula is C60H55NO8. The summed E-state index contributed by atoms with van der Waals surface area (Å²) in [6.07, 6.45) is 4.45. The summed E-state index contributed by atoms with van der Waals surface area (Å²) in [4.78, 5) is 52.4. The monoisotopic (exact) mass is 917 g/mol. The number of aromatic nitrogens is 1. The summed E-state index contributed by atoms with van der Waals surface area (Å²) in [5, 5.41) is 0. The molecule has 0 saturated carbocycles. The fourth-order valence-electron chi connectivity index (χ4n) is 8.48. The number of ketones is 2. The second-order valence-corrected chi connectivity index (χ2v) is 18.5. The summed E-state index contributed by atoms with van der Waals surface area (Å²) in [6, 6.07) is 46.5. The molecule has 348 valence electrons. The van der Waals surface area contributed by atoms with E-state index in [1.165, 1.54) is 36.5 Å². The van der Waals surface area contributed by atoms with E-state index in [-0.39, 0.29) is 36.0 Å². The summed E-state index contributed by atoms with van der Waals surface area (Å²) >= 11 is 0. The fourth-order valence-corrected chi connectivity index (χ4v) is 8.48. The number of nitrogens with one attached hydrogen (secondary N) is 1. The maximum atomic E-state index is 13.0. The minimum atomic E-state index is -0.478. The van der Waals surface area contributed by atoms with Gasteiger partial charge in [-0.25, -0.2) is 9.59 Å². The van der Waals surface area contributed by atoms with Gasteiger partial charge in [0.25, 0.3) is 0 Å². The van der Waals surface area contributed by atoms with Crippen LogP contribution in [0.3, 0.4) is 0 Å². The highest BCUT2D eigenvalue weighted by atomic mass is 16.5. The first-order valence-electron chi connectivity index (χ1n) is 22.9. The third kappa shape index (κ3) is 10.9. The Balaban J connectivity index is 0.000000186. The number of methoxy groups -OCH3 is 2. The maximum absolute atomic E-state index is 13.0. The van der Waals surface area contributed by atoms with Crippen molar-refractivity contribution in [2.75, 3.05) is 14.2 Å². The third-order valence-corrected chi connectivity index (χ3v) is 12.1. The summed E-state index contributed by atoms with van der Waals surface area (Å²) in [7, 11) is 2.69. The van der Waals surface area contributed by atoms with E-state index >= 15 is 0 Å². The van der Waals surface area contributed by atoms with Gasteiger partial charge in [-0.05, 0) is 160 Å². The van der Waals surface area contributed by atoms with Crippen molar-refractivity contribution >= 4 is 34.7 Å². The highest BCUT2D eigenvalue weighted by molar-refractivity contribution is 6.03. The average molecular weight is 918 g/mol. The number of carbonyl (C=O) groups is 4. The van der Waals surface area contributed by atoms with Crippen molar-refractivity contribution in [2.45, 2.75) is 65.6 Å². The first kappa shape index (κ1) is 47.5. The summed E-state index contributed by atoms with van der Waals surface area (Å²) in [5.41, 5.74) is 13.9. The van der Waals surface area contributed by atoms with Gasteiger partial charge in [0.2, 0.25) is 0 Å². The molecule has 69 heavy (non-hydrogen) atoms. The molecule has 0 amide bonds. The van der Waals surface area contributed by atoms with Gasteiger partial charge in [-0.3, -0.25) is 9.59 Å². The molecule has 1 aromatic heterocycles. The van der Waals surface area contributed by atoms with Crippen LogP contribution in [0.1, 0.15) is 115 Å². The number of aryl methyl sites for hydroxylation is 2. The fraction of sp³-hybridized carbons (Fsp3) is 0.200. The van der Waals surface area contributed by atoms with Gasteiger partial charge in [0.05, 0.1) is 25.3 Å². The third-order valence-electron chi connectivity index (χ3n) is 12.1. The zero-order valence-electron chi connectivity index (χ0n) is 40.2. The van der Waals surface area contributed by atoms with Gasteiger partial charge in [-0.15, -0.1) is 0 Å². The van der Waals surface area contributed by atoms with Crippen LogP contribution in [0.15, 0.2) is 158 Å². The number of benzene rings is 6. The number of hydrogen-bond donors (Lipinski definition) is 1. The summed E-state index contributed by atoms with van der Waals surface area (Å²) < 4.78 is 21.9. The number of hydrogen-bond acceptors (Lipinski definition) is 8. The van der Waals surface area contributed by atoms with Gasteiger partial charge in [-0.1, -0.05) is 83.9 Å². The highest BCUT2D eigenvalue weighted by Gasteiger charge is 2.29. The molecule has 0 aliphatic carbocycles. The normalized spacial score (nSPS) is 13.9. The predicted octanol–water partition coefficient (Wildman–Crippen LogP) is 13.3. The zero-order valence-corrected chi connectivity index (χ0v) is 40.2. The topological polar surface area (TPSA) is 121 Å². The van der Waals surface area contributed by atoms with Crippen molar-refractivity contribution in [3.63, 3.8) is 0 Å². The van der Waals surface area contributed by atoms with Crippen LogP contribution in [0, 0.1) is 13.8 Å². The van der Waals surface area contributed by atoms with E-state index in [2.05, 4.69) is 122 Å². The molecule has 2 aliphatic heterocycles. The second kappa shape index (κ2) is 19.7. The van der Waals surface area contributed by atoms with Gasteiger partial charge >= 0.3 is 11.9 Å². The minimum Gasteiger partial charge on any atom is -0.483 e. The van der Waals surface area contributed by atoms with E-state index in [0.29, 0.717) is 22.3 Å². The van der Waals surface area contributed by atoms with E-state index in [4.69, 9.17) is 14.2 Å². The Labute approximate surface area is 403 Å². The first-order chi connectivity index (χ1) is 33.0. The van der Waals surface area contributed by atoms with E-state index in [1.54, 1.807) is 42.5 Å². The molecule has 0 spiro atoms. The zero-order chi connectivity index (χ0) is 49.0. The van der Waals surface area contributed by atoms with Crippen molar-refractivity contribution in [1.82, 2.24) is 4.98 Å². The average Bonchev–Trinajstić information content (AvgIpc) is 3.85. The Kier molecular flexibility index (Phi) is 13.5. The van der Waals surface area contributed by atoms with Gasteiger partial charge in [-0.2, -0.15) is 0 Å². The Morgan fingerprint density at radius 3 is 1.32 bits per heavy atom. The Hall–Kier alpha value is -8.04. The molecule has 9 heteroatoms. The van der Waals surface area contributed by atoms with E-state index in [9.17, 15) is 19.2 Å². The Bertz CT molecular complexity index is 3130. The molecule has 2 aliphatic rings. The highest BCUT2D eigenvalue weighted by Crippen LogP contribution is 2.43. The number of esters is 2. The number of ether oxygens (including phenoxy) is 4. The molecule has 0 radical (unpaired) electrons. The van der Waals surface area contributed by atoms with Crippen LogP contribution in [0.25, 0.3) is 33.7 Å². The number of carbonyl (C=O) groups excluding carboxylic acids is 4. The van der Waals surface area contributed by atoms with Crippen molar-refractivity contribution in [1.29, 1.82) is 0 Å². The summed E-state index contributed by atoms with van der Waals surface area (Å²) in [6.45, 7) is 12.3. The molecule has 3 heterocycles. The number of H-pyrrole nitrogens is 1. The molecular weight excluding hydrogens is 863 g/mol. The van der Waals surface area contributed by atoms with Gasteiger partial charge < -0.3 is 23.9 Å².